The number of rotatable bonds is 3. The summed E-state index contributed by atoms with van der Waals surface area (Å²) in [6.45, 7) is 2.68. The summed E-state index contributed by atoms with van der Waals surface area (Å²) < 4.78 is 5.04. The molecular weight excluding hydrogens is 128 g/mol. The molecular formula is C7H16N2O. The molecule has 0 aromatic heterocycles. The topological polar surface area (TPSA) is 47.3 Å². The van der Waals surface area contributed by atoms with Gasteiger partial charge in [-0.1, -0.05) is 0 Å². The second-order valence-electron chi connectivity index (χ2n) is 2.90. The van der Waals surface area contributed by atoms with E-state index in [9.17, 15) is 0 Å². The zero-order valence-electron chi connectivity index (χ0n) is 6.47. The predicted molar refractivity (Wildman–Crippen MR) is 40.8 cm³/mol. The van der Waals surface area contributed by atoms with E-state index in [1.54, 1.807) is 7.11 Å². The Morgan fingerprint density at radius 1 is 1.70 bits per heavy atom. The fourth-order valence-electron chi connectivity index (χ4n) is 1.44. The minimum atomic E-state index is 0.528. The molecule has 0 unspecified atom stereocenters. The number of hydrogen-bond donors (Lipinski definition) is 2. The van der Waals surface area contributed by atoms with E-state index in [1.165, 1.54) is 6.42 Å². The summed E-state index contributed by atoms with van der Waals surface area (Å²) in [6, 6.07) is 0.528. The zero-order chi connectivity index (χ0) is 7.40. The highest BCUT2D eigenvalue weighted by Gasteiger charge is 2.21. The van der Waals surface area contributed by atoms with Crippen molar-refractivity contribution in [3.63, 3.8) is 0 Å². The SMILES string of the molecule is COC[C@@H]1CN[C@H](CN)C1. The Kier molecular flexibility index (Phi) is 3.12. The van der Waals surface area contributed by atoms with E-state index in [2.05, 4.69) is 5.32 Å². The highest BCUT2D eigenvalue weighted by atomic mass is 16.5. The number of methoxy groups -OCH3 is 1. The third-order valence-electron chi connectivity index (χ3n) is 2.00. The lowest BCUT2D eigenvalue weighted by atomic mass is 10.1. The van der Waals surface area contributed by atoms with Gasteiger partial charge in [-0.05, 0) is 12.3 Å². The van der Waals surface area contributed by atoms with E-state index in [4.69, 9.17) is 10.5 Å². The lowest BCUT2D eigenvalue weighted by Crippen LogP contribution is -2.29. The van der Waals surface area contributed by atoms with Gasteiger partial charge in [-0.3, -0.25) is 0 Å². The first kappa shape index (κ1) is 7.98. The first-order valence-electron chi connectivity index (χ1n) is 3.79. The molecule has 1 fully saturated rings. The van der Waals surface area contributed by atoms with Crippen LogP contribution >= 0.6 is 0 Å². The fourth-order valence-corrected chi connectivity index (χ4v) is 1.44. The first-order valence-corrected chi connectivity index (χ1v) is 3.79. The lowest BCUT2D eigenvalue weighted by Gasteiger charge is -2.06. The molecule has 3 heteroatoms. The second-order valence-corrected chi connectivity index (χ2v) is 2.90. The average Bonchev–Trinajstić information content (AvgIpc) is 2.37. The normalized spacial score (nSPS) is 33.0. The van der Waals surface area contributed by atoms with E-state index in [1.807, 2.05) is 0 Å². The van der Waals surface area contributed by atoms with E-state index in [0.717, 1.165) is 19.7 Å². The van der Waals surface area contributed by atoms with Crippen LogP contribution in [0.4, 0.5) is 0 Å². The number of ether oxygens (including phenoxy) is 1. The molecule has 0 aromatic carbocycles. The van der Waals surface area contributed by atoms with Crippen molar-refractivity contribution in [2.24, 2.45) is 11.7 Å². The molecule has 0 aromatic rings. The quantitative estimate of drug-likeness (QED) is 0.565. The molecule has 10 heavy (non-hydrogen) atoms. The molecule has 0 saturated carbocycles. The Morgan fingerprint density at radius 2 is 2.50 bits per heavy atom. The van der Waals surface area contributed by atoms with Crippen LogP contribution in [0.1, 0.15) is 6.42 Å². The Labute approximate surface area is 61.9 Å². The maximum absolute atomic E-state index is 5.49. The highest BCUT2D eigenvalue weighted by Crippen LogP contribution is 2.12. The van der Waals surface area contributed by atoms with Gasteiger partial charge in [-0.25, -0.2) is 0 Å². The van der Waals surface area contributed by atoms with Crippen molar-refractivity contribution in [3.8, 4) is 0 Å². The van der Waals surface area contributed by atoms with Crippen LogP contribution in [0.5, 0.6) is 0 Å². The molecule has 1 aliphatic heterocycles. The molecule has 3 N–H and O–H groups in total. The van der Waals surface area contributed by atoms with Gasteiger partial charge in [0.2, 0.25) is 0 Å². The number of nitrogens with two attached hydrogens (primary N) is 1. The van der Waals surface area contributed by atoms with Crippen molar-refractivity contribution in [2.75, 3.05) is 26.8 Å². The third-order valence-corrected chi connectivity index (χ3v) is 2.00. The maximum Gasteiger partial charge on any atom is 0.0503 e. The monoisotopic (exact) mass is 144 g/mol. The molecule has 1 aliphatic rings. The van der Waals surface area contributed by atoms with Crippen LogP contribution in [0.3, 0.4) is 0 Å². The van der Waals surface area contributed by atoms with Crippen LogP contribution in [0.15, 0.2) is 0 Å². The third kappa shape index (κ3) is 1.94. The summed E-state index contributed by atoms with van der Waals surface area (Å²) in [7, 11) is 1.75. The molecule has 1 saturated heterocycles. The van der Waals surface area contributed by atoms with E-state index >= 15 is 0 Å². The second kappa shape index (κ2) is 3.91. The summed E-state index contributed by atoms with van der Waals surface area (Å²) in [4.78, 5) is 0. The van der Waals surface area contributed by atoms with Gasteiger partial charge in [0, 0.05) is 26.2 Å². The van der Waals surface area contributed by atoms with Crippen molar-refractivity contribution in [1.82, 2.24) is 5.32 Å². The van der Waals surface area contributed by atoms with Gasteiger partial charge < -0.3 is 15.8 Å². The van der Waals surface area contributed by atoms with Crippen LogP contribution in [0.25, 0.3) is 0 Å². The summed E-state index contributed by atoms with van der Waals surface area (Å²) in [5, 5.41) is 3.34. The van der Waals surface area contributed by atoms with Crippen molar-refractivity contribution < 1.29 is 4.74 Å². The van der Waals surface area contributed by atoms with Crippen LogP contribution in [-0.4, -0.2) is 32.8 Å². The van der Waals surface area contributed by atoms with Crippen LogP contribution < -0.4 is 11.1 Å². The van der Waals surface area contributed by atoms with E-state index < -0.39 is 0 Å². The molecule has 0 spiro atoms. The average molecular weight is 144 g/mol. The van der Waals surface area contributed by atoms with Crippen LogP contribution in [0.2, 0.25) is 0 Å². The molecule has 3 nitrogen and oxygen atoms in total. The van der Waals surface area contributed by atoms with Crippen molar-refractivity contribution in [2.45, 2.75) is 12.5 Å². The predicted octanol–water partition coefficient (Wildman–Crippen LogP) is -0.430. The largest absolute Gasteiger partial charge is 0.384 e. The molecule has 0 aliphatic carbocycles. The Balaban J connectivity index is 2.15. The summed E-state index contributed by atoms with van der Waals surface area (Å²) in [6.07, 6.45) is 1.17. The Bertz CT molecular complexity index is 97.6. The minimum Gasteiger partial charge on any atom is -0.384 e. The van der Waals surface area contributed by atoms with Gasteiger partial charge in [0.25, 0.3) is 0 Å². The standard InChI is InChI=1S/C7H16N2O/c1-10-5-6-2-7(3-8)9-4-6/h6-7,9H,2-5,8H2,1H3/t6-,7-/m0/s1. The summed E-state index contributed by atoms with van der Waals surface area (Å²) in [5.41, 5.74) is 5.49. The van der Waals surface area contributed by atoms with Crippen LogP contribution in [0, 0.1) is 5.92 Å². The van der Waals surface area contributed by atoms with Gasteiger partial charge in [0.1, 0.15) is 0 Å². The number of hydrogen-bond acceptors (Lipinski definition) is 3. The molecule has 60 valence electrons. The number of nitrogens with one attached hydrogen (secondary N) is 1. The minimum absolute atomic E-state index is 0.528. The highest BCUT2D eigenvalue weighted by molar-refractivity contribution is 4.81. The molecule has 0 amide bonds. The zero-order valence-corrected chi connectivity index (χ0v) is 6.47. The van der Waals surface area contributed by atoms with Gasteiger partial charge in [0.15, 0.2) is 0 Å². The van der Waals surface area contributed by atoms with Gasteiger partial charge in [-0.2, -0.15) is 0 Å². The van der Waals surface area contributed by atoms with Crippen LogP contribution in [-0.2, 0) is 4.74 Å². The fraction of sp³-hybridized carbons (Fsp3) is 1.00. The molecule has 2 atom stereocenters. The van der Waals surface area contributed by atoms with Gasteiger partial charge in [0.05, 0.1) is 6.61 Å². The Morgan fingerprint density at radius 3 is 3.00 bits per heavy atom. The van der Waals surface area contributed by atoms with Gasteiger partial charge >= 0.3 is 0 Å². The van der Waals surface area contributed by atoms with Crippen molar-refractivity contribution in [3.05, 3.63) is 0 Å². The van der Waals surface area contributed by atoms with E-state index in [-0.39, 0.29) is 0 Å². The maximum atomic E-state index is 5.49. The summed E-state index contributed by atoms with van der Waals surface area (Å²) >= 11 is 0. The van der Waals surface area contributed by atoms with Gasteiger partial charge in [-0.15, -0.1) is 0 Å². The molecule has 0 radical (unpaired) electrons. The molecule has 0 bridgehead atoms. The Hall–Kier alpha value is -0.120. The first-order chi connectivity index (χ1) is 4.86. The molecule has 1 heterocycles. The molecule has 1 rings (SSSR count). The van der Waals surface area contributed by atoms with Crippen molar-refractivity contribution >= 4 is 0 Å². The smallest absolute Gasteiger partial charge is 0.0503 e. The summed E-state index contributed by atoms with van der Waals surface area (Å²) in [5.74, 6) is 0.679. The van der Waals surface area contributed by atoms with E-state index in [0.29, 0.717) is 12.0 Å². The van der Waals surface area contributed by atoms with Crippen molar-refractivity contribution in [1.29, 1.82) is 0 Å². The lowest BCUT2D eigenvalue weighted by molar-refractivity contribution is 0.159.